The van der Waals surface area contributed by atoms with Crippen LogP contribution in [0.25, 0.3) is 0 Å². The third-order valence-electron chi connectivity index (χ3n) is 9.32. The fraction of sp³-hybridized carbons (Fsp3) is 0.484. The standard InChI is InChI=1S/C31H40N3O6/c1-8-34(3)30(36)33-19-22-16-25(39-6)18-26(40-7)28(22)20(2)13-27(33)31(34)9-11-32(12-10-31)29(35)21-14-23(37-4)17-24(15-21)38-5/h13-18,20H,8-12,19H2,1-7H3/q+1. The molecule has 5 rings (SSSR count). The molecule has 2 saturated heterocycles. The highest BCUT2D eigenvalue weighted by molar-refractivity contribution is 5.95. The third-order valence-corrected chi connectivity index (χ3v) is 9.32. The first kappa shape index (κ1) is 27.8. The highest BCUT2D eigenvalue weighted by Crippen LogP contribution is 2.52. The molecule has 9 heteroatoms. The van der Waals surface area contributed by atoms with E-state index in [2.05, 4.69) is 27.0 Å². The van der Waals surface area contributed by atoms with E-state index in [0.717, 1.165) is 22.6 Å². The Balaban J connectivity index is 1.50. The number of fused-ring (bicyclic) bond motifs is 3. The molecule has 0 bridgehead atoms. The van der Waals surface area contributed by atoms with Gasteiger partial charge in [0.2, 0.25) is 0 Å². The van der Waals surface area contributed by atoms with Crippen LogP contribution in [-0.4, -0.2) is 86.9 Å². The quantitative estimate of drug-likeness (QED) is 0.481. The predicted octanol–water partition coefficient (Wildman–Crippen LogP) is 4.80. The van der Waals surface area contributed by atoms with E-state index in [4.69, 9.17) is 18.9 Å². The van der Waals surface area contributed by atoms with Crippen molar-refractivity contribution in [2.75, 3.05) is 55.1 Å². The molecule has 214 valence electrons. The van der Waals surface area contributed by atoms with E-state index in [1.807, 2.05) is 21.9 Å². The van der Waals surface area contributed by atoms with E-state index in [0.29, 0.717) is 61.8 Å². The van der Waals surface area contributed by atoms with Crippen molar-refractivity contribution in [1.29, 1.82) is 0 Å². The number of ether oxygens (including phenoxy) is 4. The zero-order valence-corrected chi connectivity index (χ0v) is 24.6. The van der Waals surface area contributed by atoms with Gasteiger partial charge < -0.3 is 23.8 Å². The molecular weight excluding hydrogens is 510 g/mol. The molecular formula is C31H40N3O6+. The van der Waals surface area contributed by atoms with Crippen molar-refractivity contribution in [3.63, 3.8) is 0 Å². The SMILES string of the molecule is CC[N+]1(C)C(=O)N2Cc3cc(OC)cc(OC)c3C(C)C=C2C12CCN(C(=O)c1cc(OC)cc(OC)c1)CC2. The van der Waals surface area contributed by atoms with Crippen molar-refractivity contribution in [2.45, 2.75) is 44.7 Å². The Bertz CT molecular complexity index is 1340. The van der Waals surface area contributed by atoms with Crippen molar-refractivity contribution in [2.24, 2.45) is 0 Å². The molecule has 3 aliphatic rings. The molecule has 0 aliphatic carbocycles. The number of nitrogens with zero attached hydrogens (tertiary/aromatic N) is 3. The second kappa shape index (κ2) is 10.4. The van der Waals surface area contributed by atoms with Gasteiger partial charge in [-0.3, -0.25) is 9.69 Å². The van der Waals surface area contributed by atoms with Crippen molar-refractivity contribution in [3.8, 4) is 23.0 Å². The van der Waals surface area contributed by atoms with Crippen LogP contribution in [-0.2, 0) is 6.54 Å². The van der Waals surface area contributed by atoms with Gasteiger partial charge in [0.05, 0.1) is 54.3 Å². The number of amides is 3. The molecule has 2 aromatic rings. The Labute approximate surface area is 236 Å². The molecule has 0 aromatic heterocycles. The van der Waals surface area contributed by atoms with Crippen LogP contribution in [0.15, 0.2) is 42.1 Å². The minimum absolute atomic E-state index is 0.0350. The summed E-state index contributed by atoms with van der Waals surface area (Å²) in [6.45, 7) is 6.45. The summed E-state index contributed by atoms with van der Waals surface area (Å²) in [5, 5.41) is 0. The molecule has 2 fully saturated rings. The molecule has 0 N–H and O–H groups in total. The zero-order chi connectivity index (χ0) is 28.8. The molecule has 2 unspecified atom stereocenters. The van der Waals surface area contributed by atoms with Crippen LogP contribution < -0.4 is 18.9 Å². The molecule has 1 spiro atoms. The Morgan fingerprint density at radius 2 is 1.55 bits per heavy atom. The normalized spacial score (nSPS) is 23.2. The maximum atomic E-state index is 14.2. The lowest BCUT2D eigenvalue weighted by Gasteiger charge is -2.47. The summed E-state index contributed by atoms with van der Waals surface area (Å²) in [6, 6.07) is 9.27. The van der Waals surface area contributed by atoms with E-state index in [1.54, 1.807) is 46.6 Å². The summed E-state index contributed by atoms with van der Waals surface area (Å²) in [4.78, 5) is 31.7. The van der Waals surface area contributed by atoms with Gasteiger partial charge in [0.1, 0.15) is 23.0 Å². The summed E-state index contributed by atoms with van der Waals surface area (Å²) in [5.74, 6) is 2.60. The fourth-order valence-corrected chi connectivity index (χ4v) is 6.92. The van der Waals surface area contributed by atoms with Crippen LogP contribution in [0.2, 0.25) is 0 Å². The van der Waals surface area contributed by atoms with Gasteiger partial charge in [-0.05, 0) is 30.7 Å². The monoisotopic (exact) mass is 550 g/mol. The molecule has 0 radical (unpaired) electrons. The average Bonchev–Trinajstić information content (AvgIpc) is 3.08. The van der Waals surface area contributed by atoms with Gasteiger partial charge in [-0.15, -0.1) is 0 Å². The number of carbonyl (C=O) groups excluding carboxylic acids is 2. The number of likely N-dealkylation sites (N-methyl/N-ethyl adjacent to an activating group) is 1. The molecule has 3 heterocycles. The highest BCUT2D eigenvalue weighted by Gasteiger charge is 2.65. The summed E-state index contributed by atoms with van der Waals surface area (Å²) >= 11 is 0. The van der Waals surface area contributed by atoms with Gasteiger partial charge in [-0.2, -0.15) is 0 Å². The maximum absolute atomic E-state index is 14.2. The predicted molar refractivity (Wildman–Crippen MR) is 151 cm³/mol. The number of hydrogen-bond donors (Lipinski definition) is 0. The Morgan fingerprint density at radius 1 is 0.950 bits per heavy atom. The first-order valence-electron chi connectivity index (χ1n) is 13.8. The van der Waals surface area contributed by atoms with Gasteiger partial charge in [-0.25, -0.2) is 9.28 Å². The smallest absolute Gasteiger partial charge is 0.424 e. The maximum Gasteiger partial charge on any atom is 0.424 e. The third kappa shape index (κ3) is 4.10. The minimum Gasteiger partial charge on any atom is -0.497 e. The first-order chi connectivity index (χ1) is 19.2. The van der Waals surface area contributed by atoms with Gasteiger partial charge in [-0.1, -0.05) is 13.0 Å². The van der Waals surface area contributed by atoms with Crippen LogP contribution >= 0.6 is 0 Å². The number of methoxy groups -OCH3 is 4. The molecule has 3 aliphatic heterocycles. The number of benzene rings is 2. The van der Waals surface area contributed by atoms with E-state index in [-0.39, 0.29) is 22.3 Å². The largest absolute Gasteiger partial charge is 0.497 e. The number of carbonyl (C=O) groups is 2. The van der Waals surface area contributed by atoms with E-state index >= 15 is 0 Å². The highest BCUT2D eigenvalue weighted by atomic mass is 16.5. The van der Waals surface area contributed by atoms with Gasteiger partial charge in [0.25, 0.3) is 5.91 Å². The lowest BCUT2D eigenvalue weighted by molar-refractivity contribution is -0.871. The van der Waals surface area contributed by atoms with Crippen LogP contribution in [0.5, 0.6) is 23.0 Å². The van der Waals surface area contributed by atoms with Crippen LogP contribution in [0.1, 0.15) is 54.1 Å². The lowest BCUT2D eigenvalue weighted by Crippen LogP contribution is -2.64. The van der Waals surface area contributed by atoms with E-state index in [9.17, 15) is 9.59 Å². The zero-order valence-electron chi connectivity index (χ0n) is 24.6. The number of urea groups is 1. The average molecular weight is 551 g/mol. The minimum atomic E-state index is -0.428. The molecule has 9 nitrogen and oxygen atoms in total. The fourth-order valence-electron chi connectivity index (χ4n) is 6.92. The number of hydrogen-bond acceptors (Lipinski definition) is 6. The summed E-state index contributed by atoms with van der Waals surface area (Å²) < 4.78 is 22.4. The molecule has 0 saturated carbocycles. The van der Waals surface area contributed by atoms with Crippen molar-refractivity contribution in [3.05, 3.63) is 58.8 Å². The topological polar surface area (TPSA) is 77.5 Å². The van der Waals surface area contributed by atoms with Gasteiger partial charge in [0.15, 0.2) is 5.54 Å². The number of piperidine rings is 1. The molecule has 2 aromatic carbocycles. The van der Waals surface area contributed by atoms with Gasteiger partial charge in [0, 0.05) is 55.1 Å². The van der Waals surface area contributed by atoms with Crippen LogP contribution in [0, 0.1) is 0 Å². The summed E-state index contributed by atoms with van der Waals surface area (Å²) in [7, 11) is 8.52. The van der Waals surface area contributed by atoms with Crippen LogP contribution in [0.4, 0.5) is 4.79 Å². The van der Waals surface area contributed by atoms with Gasteiger partial charge >= 0.3 is 6.03 Å². The Hall–Kier alpha value is -3.72. The summed E-state index contributed by atoms with van der Waals surface area (Å²) in [6.07, 6.45) is 3.62. The lowest BCUT2D eigenvalue weighted by atomic mass is 9.80. The number of allylic oxidation sites excluding steroid dienone is 1. The molecule has 3 amide bonds. The van der Waals surface area contributed by atoms with E-state index < -0.39 is 5.54 Å². The molecule has 40 heavy (non-hydrogen) atoms. The Kier molecular flexibility index (Phi) is 7.20. The number of likely N-dealkylation sites (tertiary alicyclic amines) is 1. The van der Waals surface area contributed by atoms with Crippen molar-refractivity contribution >= 4 is 11.9 Å². The summed E-state index contributed by atoms with van der Waals surface area (Å²) in [5.41, 5.74) is 3.27. The first-order valence-corrected chi connectivity index (χ1v) is 13.8. The second-order valence-electron chi connectivity index (χ2n) is 11.0. The molecule has 2 atom stereocenters. The number of quaternary nitrogens is 1. The second-order valence-corrected chi connectivity index (χ2v) is 11.0. The Morgan fingerprint density at radius 3 is 2.10 bits per heavy atom. The van der Waals surface area contributed by atoms with Crippen LogP contribution in [0.3, 0.4) is 0 Å². The van der Waals surface area contributed by atoms with Crippen molar-refractivity contribution in [1.82, 2.24) is 9.80 Å². The van der Waals surface area contributed by atoms with Crippen molar-refractivity contribution < 1.29 is 33.0 Å². The number of rotatable bonds is 6. The van der Waals surface area contributed by atoms with E-state index in [1.165, 1.54) is 0 Å².